The maximum atomic E-state index is 10.9. The molecule has 13 heavy (non-hydrogen) atoms. The summed E-state index contributed by atoms with van der Waals surface area (Å²) < 4.78 is 4.54. The lowest BCUT2D eigenvalue weighted by atomic mass is 10.1. The Kier molecular flexibility index (Phi) is 3.47. The number of hydrogen-bond donors (Lipinski definition) is 0. The lowest BCUT2D eigenvalue weighted by molar-refractivity contribution is -0.139. The van der Waals surface area contributed by atoms with E-state index in [9.17, 15) is 4.79 Å². The minimum Gasteiger partial charge on any atom is -0.469 e. The van der Waals surface area contributed by atoms with Crippen LogP contribution >= 0.6 is 11.3 Å². The predicted octanol–water partition coefficient (Wildman–Crippen LogP) is 1.53. The summed E-state index contributed by atoms with van der Waals surface area (Å²) in [5.74, 6) is -0.266. The number of carbonyl (C=O) groups excluding carboxylic acids is 1. The van der Waals surface area contributed by atoms with E-state index in [1.807, 2.05) is 11.4 Å². The van der Waals surface area contributed by atoms with Crippen molar-refractivity contribution in [2.75, 3.05) is 7.11 Å². The molecule has 0 aliphatic heterocycles. The van der Waals surface area contributed by atoms with Crippen molar-refractivity contribution in [2.24, 2.45) is 0 Å². The molecule has 0 fully saturated rings. The quantitative estimate of drug-likeness (QED) is 0.687. The van der Waals surface area contributed by atoms with Gasteiger partial charge < -0.3 is 4.74 Å². The zero-order chi connectivity index (χ0) is 9.68. The minimum absolute atomic E-state index is 0.261. The molecule has 1 rings (SSSR count). The van der Waals surface area contributed by atoms with Gasteiger partial charge in [-0.25, -0.2) is 0 Å². The number of nitriles is 1. The molecule has 1 aromatic heterocycles. The van der Waals surface area contributed by atoms with E-state index < -0.39 is 0 Å². The number of methoxy groups -OCH3 is 1. The zero-order valence-electron chi connectivity index (χ0n) is 7.24. The Labute approximate surface area is 80.6 Å². The number of esters is 1. The van der Waals surface area contributed by atoms with Crippen LogP contribution in [-0.4, -0.2) is 13.1 Å². The normalized spacial score (nSPS) is 9.23. The number of rotatable bonds is 3. The molecule has 0 aliphatic carbocycles. The fourth-order valence-electron chi connectivity index (χ4n) is 0.979. The molecule has 0 aromatic carbocycles. The van der Waals surface area contributed by atoms with E-state index in [-0.39, 0.29) is 12.4 Å². The van der Waals surface area contributed by atoms with Crippen LogP contribution in [-0.2, 0) is 22.4 Å². The predicted molar refractivity (Wildman–Crippen MR) is 49.4 cm³/mol. The molecule has 0 amide bonds. The first-order valence-electron chi connectivity index (χ1n) is 3.77. The number of ether oxygens (including phenoxy) is 1. The SMILES string of the molecule is COC(=O)Cc1ccsc1CC#N. The maximum absolute atomic E-state index is 10.9. The van der Waals surface area contributed by atoms with Crippen molar-refractivity contribution in [1.29, 1.82) is 5.26 Å². The van der Waals surface area contributed by atoms with Gasteiger partial charge in [0.25, 0.3) is 0 Å². The third kappa shape index (κ3) is 2.56. The van der Waals surface area contributed by atoms with Crippen LogP contribution in [0.3, 0.4) is 0 Å². The number of carbonyl (C=O) groups is 1. The standard InChI is InChI=1S/C9H9NO2S/c1-12-9(11)6-7-3-5-13-8(7)2-4-10/h3,5H,2,6H2,1H3. The fraction of sp³-hybridized carbons (Fsp3) is 0.333. The summed E-state index contributed by atoms with van der Waals surface area (Å²) in [5, 5.41) is 10.4. The lowest BCUT2D eigenvalue weighted by Crippen LogP contribution is -2.04. The third-order valence-electron chi connectivity index (χ3n) is 1.64. The van der Waals surface area contributed by atoms with Crippen LogP contribution in [0.2, 0.25) is 0 Å². The first-order chi connectivity index (χ1) is 6.27. The third-order valence-corrected chi connectivity index (χ3v) is 2.60. The molecule has 0 spiro atoms. The second-order valence-corrected chi connectivity index (χ2v) is 3.46. The van der Waals surface area contributed by atoms with Gasteiger partial charge in [0.1, 0.15) is 0 Å². The van der Waals surface area contributed by atoms with E-state index in [0.29, 0.717) is 6.42 Å². The molecule has 0 radical (unpaired) electrons. The molecule has 1 heterocycles. The van der Waals surface area contributed by atoms with Crippen LogP contribution in [0.25, 0.3) is 0 Å². The van der Waals surface area contributed by atoms with Gasteiger partial charge in [0, 0.05) is 4.88 Å². The van der Waals surface area contributed by atoms with Gasteiger partial charge in [-0.3, -0.25) is 4.79 Å². The molecule has 4 heteroatoms. The van der Waals surface area contributed by atoms with Crippen LogP contribution in [0.5, 0.6) is 0 Å². The summed E-state index contributed by atoms with van der Waals surface area (Å²) in [4.78, 5) is 11.9. The van der Waals surface area contributed by atoms with Gasteiger partial charge in [-0.05, 0) is 17.0 Å². The van der Waals surface area contributed by atoms with Gasteiger partial charge in [-0.2, -0.15) is 5.26 Å². The highest BCUT2D eigenvalue weighted by molar-refractivity contribution is 7.10. The van der Waals surface area contributed by atoms with Crippen LogP contribution in [0, 0.1) is 11.3 Å². The van der Waals surface area contributed by atoms with E-state index in [0.717, 1.165) is 10.4 Å². The van der Waals surface area contributed by atoms with Crippen molar-refractivity contribution in [1.82, 2.24) is 0 Å². The minimum atomic E-state index is -0.266. The van der Waals surface area contributed by atoms with Gasteiger partial charge in [0.2, 0.25) is 0 Å². The molecule has 0 bridgehead atoms. The van der Waals surface area contributed by atoms with E-state index in [4.69, 9.17) is 5.26 Å². The van der Waals surface area contributed by atoms with Crippen molar-refractivity contribution in [3.8, 4) is 6.07 Å². The first-order valence-corrected chi connectivity index (χ1v) is 4.65. The van der Waals surface area contributed by atoms with Gasteiger partial charge in [-0.15, -0.1) is 11.3 Å². The summed E-state index contributed by atoms with van der Waals surface area (Å²) in [5.41, 5.74) is 0.901. The van der Waals surface area contributed by atoms with Crippen molar-refractivity contribution in [2.45, 2.75) is 12.8 Å². The van der Waals surface area contributed by atoms with E-state index >= 15 is 0 Å². The largest absolute Gasteiger partial charge is 0.469 e. The van der Waals surface area contributed by atoms with Crippen LogP contribution < -0.4 is 0 Å². The first kappa shape index (κ1) is 9.75. The summed E-state index contributed by atoms with van der Waals surface area (Å²) in [7, 11) is 1.36. The lowest BCUT2D eigenvalue weighted by Gasteiger charge is -1.98. The fourth-order valence-corrected chi connectivity index (χ4v) is 1.82. The van der Waals surface area contributed by atoms with Crippen molar-refractivity contribution < 1.29 is 9.53 Å². The smallest absolute Gasteiger partial charge is 0.310 e. The highest BCUT2D eigenvalue weighted by atomic mass is 32.1. The Hall–Kier alpha value is -1.34. The Morgan fingerprint density at radius 1 is 1.77 bits per heavy atom. The number of thiophene rings is 1. The summed E-state index contributed by atoms with van der Waals surface area (Å²) in [6, 6.07) is 3.92. The zero-order valence-corrected chi connectivity index (χ0v) is 8.06. The van der Waals surface area contributed by atoms with Crippen molar-refractivity contribution >= 4 is 17.3 Å². The highest BCUT2D eigenvalue weighted by Gasteiger charge is 2.08. The maximum Gasteiger partial charge on any atom is 0.310 e. The van der Waals surface area contributed by atoms with Gasteiger partial charge in [0.15, 0.2) is 0 Å². The second-order valence-electron chi connectivity index (χ2n) is 2.46. The van der Waals surface area contributed by atoms with Gasteiger partial charge >= 0.3 is 5.97 Å². The Bertz CT molecular complexity index is 338. The van der Waals surface area contributed by atoms with Crippen molar-refractivity contribution in [3.05, 3.63) is 21.9 Å². The average molecular weight is 195 g/mol. The van der Waals surface area contributed by atoms with E-state index in [1.54, 1.807) is 0 Å². The molecule has 0 atom stereocenters. The number of hydrogen-bond acceptors (Lipinski definition) is 4. The summed E-state index contributed by atoms with van der Waals surface area (Å²) >= 11 is 1.50. The van der Waals surface area contributed by atoms with Crippen LogP contribution in [0.1, 0.15) is 10.4 Å². The molecule has 68 valence electrons. The summed E-state index contributed by atoms with van der Waals surface area (Å²) in [6.45, 7) is 0. The summed E-state index contributed by atoms with van der Waals surface area (Å²) in [6.07, 6.45) is 0.626. The molecular weight excluding hydrogens is 186 g/mol. The average Bonchev–Trinajstić information content (AvgIpc) is 2.54. The second kappa shape index (κ2) is 4.63. The highest BCUT2D eigenvalue weighted by Crippen LogP contribution is 2.17. The Balaban J connectivity index is 2.71. The van der Waals surface area contributed by atoms with Crippen LogP contribution in [0.15, 0.2) is 11.4 Å². The molecule has 0 N–H and O–H groups in total. The Morgan fingerprint density at radius 3 is 3.15 bits per heavy atom. The number of nitrogens with zero attached hydrogens (tertiary/aromatic N) is 1. The van der Waals surface area contributed by atoms with Crippen molar-refractivity contribution in [3.63, 3.8) is 0 Å². The molecule has 0 saturated carbocycles. The molecule has 0 saturated heterocycles. The van der Waals surface area contributed by atoms with Gasteiger partial charge in [-0.1, -0.05) is 0 Å². The topological polar surface area (TPSA) is 50.1 Å². The molecule has 0 unspecified atom stereocenters. The molecule has 1 aromatic rings. The molecule has 0 aliphatic rings. The monoisotopic (exact) mass is 195 g/mol. The van der Waals surface area contributed by atoms with E-state index in [2.05, 4.69) is 10.8 Å². The molecule has 3 nitrogen and oxygen atoms in total. The van der Waals surface area contributed by atoms with Gasteiger partial charge in [0.05, 0.1) is 26.0 Å². The van der Waals surface area contributed by atoms with E-state index in [1.165, 1.54) is 18.4 Å². The Morgan fingerprint density at radius 2 is 2.54 bits per heavy atom. The molecular formula is C9H9NO2S. The van der Waals surface area contributed by atoms with Crippen LogP contribution in [0.4, 0.5) is 0 Å².